The third-order valence-corrected chi connectivity index (χ3v) is 5.48. The molecule has 1 aromatic heterocycles. The predicted octanol–water partition coefficient (Wildman–Crippen LogP) is 4.96. The van der Waals surface area contributed by atoms with Crippen LogP contribution in [0.15, 0.2) is 102 Å². The van der Waals surface area contributed by atoms with Gasteiger partial charge in [0.25, 0.3) is 11.8 Å². The van der Waals surface area contributed by atoms with Crippen molar-refractivity contribution in [3.05, 3.63) is 120 Å². The minimum Gasteiger partial charge on any atom is -0.492 e. The first-order valence-electron chi connectivity index (χ1n) is 11.4. The minimum atomic E-state index is -0.414. The van der Waals surface area contributed by atoms with Gasteiger partial charge in [-0.15, -0.1) is 0 Å². The molecule has 0 aliphatic rings. The lowest BCUT2D eigenvalue weighted by Crippen LogP contribution is -2.35. The molecule has 4 aromatic rings. The van der Waals surface area contributed by atoms with Gasteiger partial charge in [-0.1, -0.05) is 54.6 Å². The summed E-state index contributed by atoms with van der Waals surface area (Å²) in [4.78, 5) is 25.6. The van der Waals surface area contributed by atoms with E-state index in [0.29, 0.717) is 34.9 Å². The summed E-state index contributed by atoms with van der Waals surface area (Å²) in [6.45, 7) is 0.680. The number of thiocarbonyl (C=S) groups is 1. The first-order chi connectivity index (χ1) is 17.6. The fraction of sp³-hybridized carbons (Fsp3) is 0.107. The zero-order chi connectivity index (χ0) is 25.2. The average molecular weight is 500 g/mol. The molecule has 0 fully saturated rings. The molecule has 182 valence electrons. The summed E-state index contributed by atoms with van der Waals surface area (Å²) in [6.07, 6.45) is 2.26. The highest BCUT2D eigenvalue weighted by Crippen LogP contribution is 2.19. The van der Waals surface area contributed by atoms with Crippen molar-refractivity contribution in [3.63, 3.8) is 0 Å². The van der Waals surface area contributed by atoms with Crippen molar-refractivity contribution in [2.75, 3.05) is 11.9 Å². The van der Waals surface area contributed by atoms with Gasteiger partial charge in [0.05, 0.1) is 36.2 Å². The number of carbonyl (C=O) groups excluding carboxylic acids is 2. The van der Waals surface area contributed by atoms with Crippen LogP contribution in [-0.4, -0.2) is 23.5 Å². The number of carbonyl (C=O) groups is 2. The SMILES string of the molecule is O=C(NCc1ccco1)c1ccccc1NC(=S)NC(=O)c1ccccc1OCCc1ccccc1. The number of furan rings is 1. The van der Waals surface area contributed by atoms with Gasteiger partial charge in [0.2, 0.25) is 0 Å². The smallest absolute Gasteiger partial charge is 0.261 e. The Morgan fingerprint density at radius 1 is 0.806 bits per heavy atom. The average Bonchev–Trinajstić information content (AvgIpc) is 3.42. The molecule has 0 spiro atoms. The standard InChI is InChI=1S/C28H25N3O4S/c32-26(29-19-21-11-8-17-34-21)22-12-4-6-14-24(22)30-28(36)31-27(33)23-13-5-7-15-25(23)35-18-16-20-9-2-1-3-10-20/h1-15,17H,16,18-19H2,(H,29,32)(H2,30,31,33,36). The Hall–Kier alpha value is -4.43. The number of rotatable bonds is 9. The molecule has 1 heterocycles. The van der Waals surface area contributed by atoms with Gasteiger partial charge in [-0.2, -0.15) is 0 Å². The Morgan fingerprint density at radius 3 is 2.31 bits per heavy atom. The molecule has 8 heteroatoms. The fourth-order valence-electron chi connectivity index (χ4n) is 3.49. The second-order valence-corrected chi connectivity index (χ2v) is 8.20. The molecule has 36 heavy (non-hydrogen) atoms. The lowest BCUT2D eigenvalue weighted by molar-refractivity contribution is 0.0947. The van der Waals surface area contributed by atoms with Crippen molar-refractivity contribution < 1.29 is 18.7 Å². The quantitative estimate of drug-likeness (QED) is 0.282. The third-order valence-electron chi connectivity index (χ3n) is 5.27. The number of nitrogens with one attached hydrogen (secondary N) is 3. The Morgan fingerprint density at radius 2 is 1.53 bits per heavy atom. The molecule has 7 nitrogen and oxygen atoms in total. The summed E-state index contributed by atoms with van der Waals surface area (Å²) in [5, 5.41) is 8.47. The number of benzene rings is 3. The monoisotopic (exact) mass is 499 g/mol. The van der Waals surface area contributed by atoms with Gasteiger partial charge in [0.1, 0.15) is 11.5 Å². The molecule has 0 saturated carbocycles. The van der Waals surface area contributed by atoms with Crippen molar-refractivity contribution in [2.45, 2.75) is 13.0 Å². The predicted molar refractivity (Wildman–Crippen MR) is 142 cm³/mol. The maximum absolute atomic E-state index is 12.9. The van der Waals surface area contributed by atoms with E-state index in [2.05, 4.69) is 16.0 Å². The van der Waals surface area contributed by atoms with E-state index >= 15 is 0 Å². The Labute approximate surface area is 214 Å². The molecular formula is C28H25N3O4S. The van der Waals surface area contributed by atoms with Crippen molar-refractivity contribution in [3.8, 4) is 5.75 Å². The zero-order valence-electron chi connectivity index (χ0n) is 19.4. The van der Waals surface area contributed by atoms with Gasteiger partial charge in [0, 0.05) is 6.42 Å². The van der Waals surface area contributed by atoms with Crippen LogP contribution in [0.2, 0.25) is 0 Å². The maximum atomic E-state index is 12.9. The maximum Gasteiger partial charge on any atom is 0.261 e. The molecular weight excluding hydrogens is 474 g/mol. The van der Waals surface area contributed by atoms with Crippen LogP contribution < -0.4 is 20.7 Å². The van der Waals surface area contributed by atoms with E-state index in [1.165, 1.54) is 0 Å². The molecule has 0 bridgehead atoms. The molecule has 2 amide bonds. The second-order valence-electron chi connectivity index (χ2n) is 7.80. The van der Waals surface area contributed by atoms with Crippen molar-refractivity contribution in [2.24, 2.45) is 0 Å². The number of hydrogen-bond donors (Lipinski definition) is 3. The van der Waals surface area contributed by atoms with Gasteiger partial charge >= 0.3 is 0 Å². The van der Waals surface area contributed by atoms with Gasteiger partial charge in [-0.3, -0.25) is 14.9 Å². The van der Waals surface area contributed by atoms with Crippen molar-refractivity contribution >= 4 is 34.8 Å². The van der Waals surface area contributed by atoms with Crippen LogP contribution >= 0.6 is 12.2 Å². The number of amides is 2. The number of anilines is 1. The van der Waals surface area contributed by atoms with E-state index in [9.17, 15) is 9.59 Å². The number of hydrogen-bond acceptors (Lipinski definition) is 5. The third kappa shape index (κ3) is 6.80. The topological polar surface area (TPSA) is 92.6 Å². The molecule has 4 rings (SSSR count). The highest BCUT2D eigenvalue weighted by Gasteiger charge is 2.16. The van der Waals surface area contributed by atoms with Crippen LogP contribution in [0.5, 0.6) is 5.75 Å². The summed E-state index contributed by atoms with van der Waals surface area (Å²) in [6, 6.07) is 27.4. The van der Waals surface area contributed by atoms with Crippen LogP contribution in [0, 0.1) is 0 Å². The minimum absolute atomic E-state index is 0.0605. The lowest BCUT2D eigenvalue weighted by Gasteiger charge is -2.15. The molecule has 0 atom stereocenters. The molecule has 0 radical (unpaired) electrons. The first kappa shape index (κ1) is 24.7. The summed E-state index contributed by atoms with van der Waals surface area (Å²) >= 11 is 5.35. The van der Waals surface area contributed by atoms with Crippen LogP contribution in [-0.2, 0) is 13.0 Å². The normalized spacial score (nSPS) is 10.3. The van der Waals surface area contributed by atoms with Gasteiger partial charge in [-0.25, -0.2) is 0 Å². The molecule has 0 aliphatic carbocycles. The van der Waals surface area contributed by atoms with E-state index in [1.807, 2.05) is 36.4 Å². The van der Waals surface area contributed by atoms with E-state index in [0.717, 1.165) is 12.0 Å². The van der Waals surface area contributed by atoms with Gasteiger partial charge in [-0.05, 0) is 54.2 Å². The Bertz CT molecular complexity index is 1320. The van der Waals surface area contributed by atoms with E-state index in [1.54, 1.807) is 60.9 Å². The van der Waals surface area contributed by atoms with Gasteiger partial charge < -0.3 is 19.8 Å². The fourth-order valence-corrected chi connectivity index (χ4v) is 3.70. The number of ether oxygens (including phenoxy) is 1. The summed E-state index contributed by atoms with van der Waals surface area (Å²) in [5.74, 6) is 0.385. The molecule has 0 aliphatic heterocycles. The largest absolute Gasteiger partial charge is 0.492 e. The van der Waals surface area contributed by atoms with Crippen LogP contribution in [0.25, 0.3) is 0 Å². The van der Waals surface area contributed by atoms with Crippen LogP contribution in [0.4, 0.5) is 5.69 Å². The van der Waals surface area contributed by atoms with E-state index < -0.39 is 5.91 Å². The van der Waals surface area contributed by atoms with E-state index in [4.69, 9.17) is 21.4 Å². The lowest BCUT2D eigenvalue weighted by atomic mass is 10.1. The van der Waals surface area contributed by atoms with E-state index in [-0.39, 0.29) is 17.6 Å². The second kappa shape index (κ2) is 12.3. The first-order valence-corrected chi connectivity index (χ1v) is 11.8. The summed E-state index contributed by atoms with van der Waals surface area (Å²) in [5.41, 5.74) is 2.35. The Kier molecular flexibility index (Phi) is 8.45. The molecule has 0 unspecified atom stereocenters. The van der Waals surface area contributed by atoms with Crippen LogP contribution in [0.3, 0.4) is 0 Å². The van der Waals surface area contributed by atoms with Crippen LogP contribution in [0.1, 0.15) is 32.0 Å². The van der Waals surface area contributed by atoms with Gasteiger partial charge in [0.15, 0.2) is 5.11 Å². The van der Waals surface area contributed by atoms with Crippen molar-refractivity contribution in [1.82, 2.24) is 10.6 Å². The summed E-state index contributed by atoms with van der Waals surface area (Å²) < 4.78 is 11.1. The highest BCUT2D eigenvalue weighted by molar-refractivity contribution is 7.80. The Balaban J connectivity index is 1.35. The molecule has 3 N–H and O–H groups in total. The van der Waals surface area contributed by atoms with Crippen molar-refractivity contribution in [1.29, 1.82) is 0 Å². The summed E-state index contributed by atoms with van der Waals surface area (Å²) in [7, 11) is 0. The molecule has 0 saturated heterocycles. The highest BCUT2D eigenvalue weighted by atomic mass is 32.1. The molecule has 3 aromatic carbocycles. The zero-order valence-corrected chi connectivity index (χ0v) is 20.2. The number of para-hydroxylation sites is 2.